The van der Waals surface area contributed by atoms with Crippen LogP contribution in [0.1, 0.15) is 43.5 Å². The van der Waals surface area contributed by atoms with E-state index < -0.39 is 5.97 Å². The topological polar surface area (TPSA) is 69.6 Å². The highest BCUT2D eigenvalue weighted by Gasteiger charge is 2.29. The van der Waals surface area contributed by atoms with Crippen LogP contribution in [-0.2, 0) is 4.79 Å². The van der Waals surface area contributed by atoms with Gasteiger partial charge in [0.25, 0.3) is 0 Å². The maximum atomic E-state index is 12.3. The first-order valence-corrected chi connectivity index (χ1v) is 7.78. The van der Waals surface area contributed by atoms with Crippen molar-refractivity contribution >= 4 is 23.3 Å². The molecule has 6 heteroatoms. The van der Waals surface area contributed by atoms with Crippen molar-refractivity contribution in [1.29, 1.82) is 0 Å². The van der Waals surface area contributed by atoms with Crippen LogP contribution in [0.25, 0.3) is 0 Å². The summed E-state index contributed by atoms with van der Waals surface area (Å²) in [5.74, 6) is -0.846. The van der Waals surface area contributed by atoms with E-state index in [4.69, 9.17) is 5.11 Å². The molecule has 2 atom stereocenters. The number of carboxylic acids is 1. The fourth-order valence-electron chi connectivity index (χ4n) is 2.56. The van der Waals surface area contributed by atoms with E-state index in [1.54, 1.807) is 16.2 Å². The summed E-state index contributed by atoms with van der Waals surface area (Å²) in [6, 6.07) is 3.56. The molecule has 2 N–H and O–H groups in total. The van der Waals surface area contributed by atoms with Gasteiger partial charge in [-0.25, -0.2) is 4.79 Å². The molecule has 0 bridgehead atoms. The Bertz CT molecular complexity index is 461. The van der Waals surface area contributed by atoms with Gasteiger partial charge in [0.05, 0.1) is 12.5 Å². The molecule has 0 spiro atoms. The molecule has 5 nitrogen and oxygen atoms in total. The third-order valence-corrected chi connectivity index (χ3v) is 4.66. The van der Waals surface area contributed by atoms with E-state index in [2.05, 4.69) is 5.32 Å². The lowest BCUT2D eigenvalue weighted by atomic mass is 10.00. The number of rotatable bonds is 4. The number of carbonyl (C=O) groups excluding carboxylic acids is 1. The summed E-state index contributed by atoms with van der Waals surface area (Å²) in [6.07, 6.45) is 2.73. The Morgan fingerprint density at radius 2 is 2.35 bits per heavy atom. The first-order valence-electron chi connectivity index (χ1n) is 6.90. The lowest BCUT2D eigenvalue weighted by Gasteiger charge is -2.35. The smallest absolute Gasteiger partial charge is 0.318 e. The van der Waals surface area contributed by atoms with E-state index in [1.807, 2.05) is 24.4 Å². The highest BCUT2D eigenvalue weighted by molar-refractivity contribution is 7.10. The second-order valence-corrected chi connectivity index (χ2v) is 6.11. The lowest BCUT2D eigenvalue weighted by molar-refractivity contribution is -0.138. The normalized spacial score (nSPS) is 20.4. The van der Waals surface area contributed by atoms with Gasteiger partial charge in [0.1, 0.15) is 0 Å². The molecular formula is C14H20N2O3S. The van der Waals surface area contributed by atoms with Crippen molar-refractivity contribution in [3.63, 3.8) is 0 Å². The monoisotopic (exact) mass is 296 g/mol. The van der Waals surface area contributed by atoms with Gasteiger partial charge in [-0.05, 0) is 37.6 Å². The molecule has 2 amide bonds. The highest BCUT2D eigenvalue weighted by atomic mass is 32.1. The maximum absolute atomic E-state index is 12.3. The highest BCUT2D eigenvalue weighted by Crippen LogP contribution is 2.22. The van der Waals surface area contributed by atoms with Crippen LogP contribution in [0.15, 0.2) is 17.5 Å². The molecule has 1 aliphatic heterocycles. The Balaban J connectivity index is 1.97. The summed E-state index contributed by atoms with van der Waals surface area (Å²) in [5.41, 5.74) is 0. The van der Waals surface area contributed by atoms with Gasteiger partial charge in [-0.1, -0.05) is 6.07 Å². The van der Waals surface area contributed by atoms with E-state index in [0.29, 0.717) is 6.54 Å². The molecule has 1 aliphatic rings. The third kappa shape index (κ3) is 3.72. The fourth-order valence-corrected chi connectivity index (χ4v) is 3.29. The Hall–Kier alpha value is -1.56. The van der Waals surface area contributed by atoms with Crippen LogP contribution >= 0.6 is 11.3 Å². The number of nitrogens with zero attached hydrogens (tertiary/aromatic N) is 1. The van der Waals surface area contributed by atoms with Crippen LogP contribution in [-0.4, -0.2) is 34.6 Å². The molecule has 0 aromatic carbocycles. The molecule has 1 saturated heterocycles. The van der Waals surface area contributed by atoms with Crippen molar-refractivity contribution in [1.82, 2.24) is 10.2 Å². The SMILES string of the molecule is CC(NC(=O)N1CCCCC1CC(=O)O)c1cccs1. The number of aliphatic carboxylic acids is 1. The number of nitrogens with one attached hydrogen (secondary N) is 1. The van der Waals surface area contributed by atoms with E-state index in [-0.39, 0.29) is 24.5 Å². The number of amides is 2. The van der Waals surface area contributed by atoms with Crippen LogP contribution < -0.4 is 5.32 Å². The Labute approximate surface area is 122 Å². The Morgan fingerprint density at radius 1 is 1.55 bits per heavy atom. The minimum Gasteiger partial charge on any atom is -0.481 e. The molecule has 0 radical (unpaired) electrons. The first kappa shape index (κ1) is 14.8. The number of likely N-dealkylation sites (tertiary alicyclic amines) is 1. The fraction of sp³-hybridized carbons (Fsp3) is 0.571. The van der Waals surface area contributed by atoms with Crippen molar-refractivity contribution in [3.8, 4) is 0 Å². The molecule has 1 aromatic heterocycles. The molecule has 0 saturated carbocycles. The van der Waals surface area contributed by atoms with Gasteiger partial charge in [-0.15, -0.1) is 11.3 Å². The van der Waals surface area contributed by atoms with Crippen LogP contribution in [0, 0.1) is 0 Å². The van der Waals surface area contributed by atoms with Crippen LogP contribution in [0.3, 0.4) is 0 Å². The van der Waals surface area contributed by atoms with Gasteiger partial charge in [0, 0.05) is 17.5 Å². The summed E-state index contributed by atoms with van der Waals surface area (Å²) < 4.78 is 0. The van der Waals surface area contributed by atoms with Gasteiger partial charge in [-0.3, -0.25) is 4.79 Å². The van der Waals surface area contributed by atoms with Crippen LogP contribution in [0.4, 0.5) is 4.79 Å². The zero-order valence-corrected chi connectivity index (χ0v) is 12.4. The molecule has 1 aromatic rings. The van der Waals surface area contributed by atoms with Gasteiger partial charge >= 0.3 is 12.0 Å². The van der Waals surface area contributed by atoms with Gasteiger partial charge in [0.15, 0.2) is 0 Å². The van der Waals surface area contributed by atoms with Crippen LogP contribution in [0.2, 0.25) is 0 Å². The minimum absolute atomic E-state index is 0.0286. The number of piperidine rings is 1. The molecule has 2 rings (SSSR count). The predicted molar refractivity (Wildman–Crippen MR) is 77.9 cm³/mol. The summed E-state index contributed by atoms with van der Waals surface area (Å²) >= 11 is 1.60. The van der Waals surface area contributed by atoms with Crippen molar-refractivity contribution < 1.29 is 14.7 Å². The molecule has 0 aliphatic carbocycles. The molecule has 110 valence electrons. The lowest BCUT2D eigenvalue weighted by Crippen LogP contribution is -2.49. The van der Waals surface area contributed by atoms with E-state index in [1.165, 1.54) is 0 Å². The summed E-state index contributed by atoms with van der Waals surface area (Å²) in [4.78, 5) is 26.0. The standard InChI is InChI=1S/C14H20N2O3S/c1-10(12-6-4-8-20-12)15-14(19)16-7-3-2-5-11(16)9-13(17)18/h4,6,8,10-11H,2-3,5,7,9H2,1H3,(H,15,19)(H,17,18). The Kier molecular flexibility index (Phi) is 5.00. The number of thiophene rings is 1. The number of urea groups is 1. The van der Waals surface area contributed by atoms with Crippen molar-refractivity contribution in [3.05, 3.63) is 22.4 Å². The molecule has 20 heavy (non-hydrogen) atoms. The van der Waals surface area contributed by atoms with E-state index in [0.717, 1.165) is 24.1 Å². The number of carboxylic acid groups (broad SMARTS) is 1. The van der Waals surface area contributed by atoms with Gasteiger partial charge in [-0.2, -0.15) is 0 Å². The number of hydrogen-bond donors (Lipinski definition) is 2. The zero-order valence-electron chi connectivity index (χ0n) is 11.5. The van der Waals surface area contributed by atoms with Gasteiger partial charge < -0.3 is 15.3 Å². The quantitative estimate of drug-likeness (QED) is 0.897. The predicted octanol–water partition coefficient (Wildman–Crippen LogP) is 2.85. The largest absolute Gasteiger partial charge is 0.481 e. The first-order chi connectivity index (χ1) is 9.58. The average Bonchev–Trinajstić information content (AvgIpc) is 2.92. The summed E-state index contributed by atoms with van der Waals surface area (Å²) in [5, 5.41) is 13.9. The maximum Gasteiger partial charge on any atom is 0.318 e. The third-order valence-electron chi connectivity index (χ3n) is 3.61. The Morgan fingerprint density at radius 3 is 3.00 bits per heavy atom. The molecule has 1 fully saturated rings. The molecule has 2 heterocycles. The van der Waals surface area contributed by atoms with Crippen molar-refractivity contribution in [2.45, 2.75) is 44.7 Å². The minimum atomic E-state index is -0.846. The number of hydrogen-bond acceptors (Lipinski definition) is 3. The summed E-state index contributed by atoms with van der Waals surface area (Å²) in [6.45, 7) is 2.58. The van der Waals surface area contributed by atoms with Crippen molar-refractivity contribution in [2.24, 2.45) is 0 Å². The van der Waals surface area contributed by atoms with Crippen molar-refractivity contribution in [2.75, 3.05) is 6.54 Å². The second kappa shape index (κ2) is 6.74. The number of carbonyl (C=O) groups is 2. The van der Waals surface area contributed by atoms with Gasteiger partial charge in [0.2, 0.25) is 0 Å². The van der Waals surface area contributed by atoms with E-state index >= 15 is 0 Å². The van der Waals surface area contributed by atoms with Crippen LogP contribution in [0.5, 0.6) is 0 Å². The summed E-state index contributed by atoms with van der Waals surface area (Å²) in [7, 11) is 0. The zero-order chi connectivity index (χ0) is 14.5. The second-order valence-electron chi connectivity index (χ2n) is 5.13. The average molecular weight is 296 g/mol. The van der Waals surface area contributed by atoms with E-state index in [9.17, 15) is 9.59 Å². The molecule has 2 unspecified atom stereocenters. The molecular weight excluding hydrogens is 276 g/mol.